The normalized spacial score (nSPS) is 12.7. The predicted octanol–water partition coefficient (Wildman–Crippen LogP) is 18.4. The number of carbonyl (C=O) groups is 3. The van der Waals surface area contributed by atoms with Gasteiger partial charge in [0.2, 0.25) is 0 Å². The summed E-state index contributed by atoms with van der Waals surface area (Å²) in [6, 6.07) is 0. The van der Waals surface area contributed by atoms with Gasteiger partial charge in [-0.2, -0.15) is 0 Å². The first-order valence-electron chi connectivity index (χ1n) is 27.6. The van der Waals surface area contributed by atoms with Crippen LogP contribution >= 0.6 is 0 Å². The Labute approximate surface area is 407 Å². The van der Waals surface area contributed by atoms with Crippen molar-refractivity contribution in [2.24, 2.45) is 0 Å². The first kappa shape index (κ1) is 62.6. The monoisotopic (exact) mass is 919 g/mol. The van der Waals surface area contributed by atoms with E-state index in [0.717, 1.165) is 109 Å². The second kappa shape index (κ2) is 54.2. The summed E-state index contributed by atoms with van der Waals surface area (Å²) in [7, 11) is 0. The number of esters is 3. The molecule has 0 aromatic heterocycles. The summed E-state index contributed by atoms with van der Waals surface area (Å²) in [6.45, 7) is 6.54. The zero-order chi connectivity index (χ0) is 47.9. The van der Waals surface area contributed by atoms with Gasteiger partial charge in [-0.15, -0.1) is 0 Å². The largest absolute Gasteiger partial charge is 0.462 e. The number of hydrogen-bond donors (Lipinski definition) is 0. The summed E-state index contributed by atoms with van der Waals surface area (Å²) >= 11 is 0. The van der Waals surface area contributed by atoms with Gasteiger partial charge in [-0.25, -0.2) is 0 Å². The summed E-state index contributed by atoms with van der Waals surface area (Å²) in [5, 5.41) is 0. The van der Waals surface area contributed by atoms with E-state index in [1.165, 1.54) is 109 Å². The van der Waals surface area contributed by atoms with E-state index in [4.69, 9.17) is 14.2 Å². The van der Waals surface area contributed by atoms with Crippen LogP contribution in [-0.2, 0) is 28.6 Å². The van der Waals surface area contributed by atoms with Crippen LogP contribution in [0.4, 0.5) is 0 Å². The summed E-state index contributed by atoms with van der Waals surface area (Å²) in [6.07, 6.45) is 69.9. The fraction of sp³-hybridized carbons (Fsp3) is 0.717. The summed E-state index contributed by atoms with van der Waals surface area (Å²) in [5.74, 6) is -0.935. The Balaban J connectivity index is 4.42. The molecule has 0 aliphatic carbocycles. The molecule has 0 radical (unpaired) electrons. The highest BCUT2D eigenvalue weighted by Gasteiger charge is 2.19. The van der Waals surface area contributed by atoms with E-state index in [1.54, 1.807) is 0 Å². The van der Waals surface area contributed by atoms with Crippen LogP contribution in [0.2, 0.25) is 0 Å². The van der Waals surface area contributed by atoms with E-state index in [1.807, 2.05) is 0 Å². The van der Waals surface area contributed by atoms with Crippen molar-refractivity contribution in [2.75, 3.05) is 13.2 Å². The lowest BCUT2D eigenvalue weighted by atomic mass is 10.1. The van der Waals surface area contributed by atoms with Crippen LogP contribution in [0.1, 0.15) is 258 Å². The SMILES string of the molecule is CCCCC/C=C\C/C=C\C/C=C\C/C=C\CCCCCC(=O)OC[C@@H](COC(=O)CCCCCCCCCCCC)OC(=O)CCCCCCCC/C=C\C/C=C\C/C=C\CCCCC. The first-order valence-corrected chi connectivity index (χ1v) is 27.6. The van der Waals surface area contributed by atoms with Gasteiger partial charge < -0.3 is 14.2 Å². The van der Waals surface area contributed by atoms with E-state index in [9.17, 15) is 14.4 Å². The standard InChI is InChI=1S/C60H102O6/c1-4-7-10-13-16-19-22-24-26-28-30-32-34-36-38-41-44-47-50-53-59(62)65-56-57(55-64-58(61)52-49-46-43-40-21-18-15-12-9-6-3)66-60(63)54-51-48-45-42-39-37-35-33-31-29-27-25-23-20-17-14-11-8-5-2/h16-17,19-20,24-27,30-33,36,38,57H,4-15,18,21-23,28-29,34-35,37,39-56H2,1-3H3/b19-16-,20-17-,26-24-,27-25-,32-30-,33-31-,38-36-/t57-/m1/s1. The topological polar surface area (TPSA) is 78.9 Å². The zero-order valence-corrected chi connectivity index (χ0v) is 43.2. The average Bonchev–Trinajstić information content (AvgIpc) is 3.31. The van der Waals surface area contributed by atoms with Crippen LogP contribution in [0.5, 0.6) is 0 Å². The van der Waals surface area contributed by atoms with Crippen LogP contribution < -0.4 is 0 Å². The maximum Gasteiger partial charge on any atom is 0.306 e. The minimum absolute atomic E-state index is 0.0913. The van der Waals surface area contributed by atoms with E-state index in [-0.39, 0.29) is 31.1 Å². The van der Waals surface area contributed by atoms with Crippen molar-refractivity contribution in [2.45, 2.75) is 264 Å². The van der Waals surface area contributed by atoms with E-state index in [0.29, 0.717) is 19.3 Å². The number of ether oxygens (including phenoxy) is 3. The van der Waals surface area contributed by atoms with Crippen LogP contribution in [-0.4, -0.2) is 37.2 Å². The molecule has 0 fully saturated rings. The van der Waals surface area contributed by atoms with Gasteiger partial charge >= 0.3 is 17.9 Å². The molecule has 0 rings (SSSR count). The third-order valence-corrected chi connectivity index (χ3v) is 11.6. The van der Waals surface area contributed by atoms with Crippen molar-refractivity contribution in [3.8, 4) is 0 Å². The molecule has 0 saturated carbocycles. The van der Waals surface area contributed by atoms with E-state index in [2.05, 4.69) is 106 Å². The molecular formula is C60H102O6. The molecule has 0 unspecified atom stereocenters. The Bertz CT molecular complexity index is 1290. The van der Waals surface area contributed by atoms with Gasteiger partial charge in [0.25, 0.3) is 0 Å². The molecule has 0 amide bonds. The molecule has 378 valence electrons. The summed E-state index contributed by atoms with van der Waals surface area (Å²) in [5.41, 5.74) is 0. The molecule has 6 heteroatoms. The van der Waals surface area contributed by atoms with Crippen molar-refractivity contribution < 1.29 is 28.6 Å². The average molecular weight is 919 g/mol. The molecule has 66 heavy (non-hydrogen) atoms. The number of allylic oxidation sites excluding steroid dienone is 14. The second-order valence-corrected chi connectivity index (χ2v) is 18.1. The van der Waals surface area contributed by atoms with Crippen molar-refractivity contribution in [1.29, 1.82) is 0 Å². The number of hydrogen-bond acceptors (Lipinski definition) is 6. The molecule has 0 aromatic rings. The molecule has 0 spiro atoms. The fourth-order valence-corrected chi connectivity index (χ4v) is 7.43. The Morgan fingerprint density at radius 1 is 0.303 bits per heavy atom. The van der Waals surface area contributed by atoms with Gasteiger partial charge in [0.15, 0.2) is 6.10 Å². The van der Waals surface area contributed by atoms with Crippen molar-refractivity contribution in [3.63, 3.8) is 0 Å². The van der Waals surface area contributed by atoms with Crippen molar-refractivity contribution in [1.82, 2.24) is 0 Å². The smallest absolute Gasteiger partial charge is 0.306 e. The number of unbranched alkanes of at least 4 members (excludes halogenated alkanes) is 24. The maximum atomic E-state index is 12.8. The fourth-order valence-electron chi connectivity index (χ4n) is 7.43. The summed E-state index contributed by atoms with van der Waals surface area (Å²) in [4.78, 5) is 38.0. The van der Waals surface area contributed by atoms with Gasteiger partial charge in [-0.1, -0.05) is 221 Å². The first-order chi connectivity index (χ1) is 32.5. The van der Waals surface area contributed by atoms with Gasteiger partial charge in [0.05, 0.1) is 0 Å². The van der Waals surface area contributed by atoms with E-state index < -0.39 is 6.10 Å². The summed E-state index contributed by atoms with van der Waals surface area (Å²) < 4.78 is 16.8. The molecule has 1 atom stereocenters. The Morgan fingerprint density at radius 3 is 0.894 bits per heavy atom. The lowest BCUT2D eigenvalue weighted by Gasteiger charge is -2.18. The third-order valence-electron chi connectivity index (χ3n) is 11.6. The predicted molar refractivity (Wildman–Crippen MR) is 284 cm³/mol. The third kappa shape index (κ3) is 51.6. The lowest BCUT2D eigenvalue weighted by Crippen LogP contribution is -2.30. The molecule has 6 nitrogen and oxygen atoms in total. The maximum absolute atomic E-state index is 12.8. The number of rotatable bonds is 49. The van der Waals surface area contributed by atoms with Gasteiger partial charge in [-0.05, 0) is 103 Å². The van der Waals surface area contributed by atoms with E-state index >= 15 is 0 Å². The highest BCUT2D eigenvalue weighted by molar-refractivity contribution is 5.71. The van der Waals surface area contributed by atoms with Crippen molar-refractivity contribution >= 4 is 17.9 Å². The van der Waals surface area contributed by atoms with Gasteiger partial charge in [0, 0.05) is 19.3 Å². The Hall–Kier alpha value is -3.41. The quantitative estimate of drug-likeness (QED) is 0.0262. The Morgan fingerprint density at radius 2 is 0.545 bits per heavy atom. The lowest BCUT2D eigenvalue weighted by molar-refractivity contribution is -0.167. The van der Waals surface area contributed by atoms with Gasteiger partial charge in [-0.3, -0.25) is 14.4 Å². The Kier molecular flexibility index (Phi) is 51.4. The molecule has 0 saturated heterocycles. The highest BCUT2D eigenvalue weighted by Crippen LogP contribution is 2.14. The molecule has 0 heterocycles. The molecule has 0 aliphatic heterocycles. The highest BCUT2D eigenvalue weighted by atomic mass is 16.6. The minimum atomic E-state index is -0.795. The minimum Gasteiger partial charge on any atom is -0.462 e. The van der Waals surface area contributed by atoms with Crippen LogP contribution in [0.15, 0.2) is 85.1 Å². The number of carbonyl (C=O) groups excluding carboxylic acids is 3. The van der Waals surface area contributed by atoms with Crippen molar-refractivity contribution in [3.05, 3.63) is 85.1 Å². The van der Waals surface area contributed by atoms with Crippen LogP contribution in [0.3, 0.4) is 0 Å². The van der Waals surface area contributed by atoms with Crippen LogP contribution in [0.25, 0.3) is 0 Å². The zero-order valence-electron chi connectivity index (χ0n) is 43.2. The molecule has 0 aromatic carbocycles. The molecule has 0 aliphatic rings. The molecule has 0 bridgehead atoms. The van der Waals surface area contributed by atoms with Crippen LogP contribution in [0, 0.1) is 0 Å². The second-order valence-electron chi connectivity index (χ2n) is 18.1. The molecular weight excluding hydrogens is 817 g/mol. The molecule has 0 N–H and O–H groups in total. The van der Waals surface area contributed by atoms with Gasteiger partial charge in [0.1, 0.15) is 13.2 Å².